The lowest BCUT2D eigenvalue weighted by atomic mass is 10.2. The third-order valence-corrected chi connectivity index (χ3v) is 3.16. The summed E-state index contributed by atoms with van der Waals surface area (Å²) in [5.41, 5.74) is -0.0895. The Morgan fingerprint density at radius 2 is 1.17 bits per heavy atom. The highest BCUT2D eigenvalue weighted by Crippen LogP contribution is 2.30. The Hall–Kier alpha value is -0.940. The van der Waals surface area contributed by atoms with Gasteiger partial charge in [-0.2, -0.15) is 17.6 Å². The summed E-state index contributed by atoms with van der Waals surface area (Å²) in [7, 11) is 0. The molecular formula is C13H11BrF8O2. The summed E-state index contributed by atoms with van der Waals surface area (Å²) in [5.74, 6) is -9.11. The molecule has 0 radical (unpaired) electrons. The van der Waals surface area contributed by atoms with Gasteiger partial charge in [-0.3, -0.25) is 0 Å². The van der Waals surface area contributed by atoms with Crippen LogP contribution >= 0.6 is 15.9 Å². The number of rotatable bonds is 9. The van der Waals surface area contributed by atoms with E-state index in [1.165, 1.54) is 24.3 Å². The van der Waals surface area contributed by atoms with Crippen molar-refractivity contribution in [1.82, 2.24) is 0 Å². The van der Waals surface area contributed by atoms with Crippen molar-refractivity contribution in [2.45, 2.75) is 31.0 Å². The summed E-state index contributed by atoms with van der Waals surface area (Å²) in [6.07, 6.45) is -10.1. The average molecular weight is 431 g/mol. The van der Waals surface area contributed by atoms with E-state index in [-0.39, 0.29) is 5.56 Å². The van der Waals surface area contributed by atoms with Gasteiger partial charge in [-0.05, 0) is 12.1 Å². The van der Waals surface area contributed by atoms with Crippen molar-refractivity contribution >= 4 is 15.9 Å². The van der Waals surface area contributed by atoms with Crippen LogP contribution in [0.5, 0.6) is 0 Å². The van der Waals surface area contributed by atoms with Gasteiger partial charge in [0, 0.05) is 10.0 Å². The van der Waals surface area contributed by atoms with Crippen LogP contribution in [-0.2, 0) is 9.47 Å². The summed E-state index contributed by atoms with van der Waals surface area (Å²) in [4.78, 5) is 0. The quantitative estimate of drug-likeness (QED) is 0.391. The molecule has 0 spiro atoms. The van der Waals surface area contributed by atoms with Gasteiger partial charge in [0.15, 0.2) is 6.29 Å². The smallest absolute Gasteiger partial charge is 0.330 e. The first kappa shape index (κ1) is 21.1. The Bertz CT molecular complexity index is 485. The maximum atomic E-state index is 12.9. The van der Waals surface area contributed by atoms with Crippen molar-refractivity contribution in [1.29, 1.82) is 0 Å². The summed E-state index contributed by atoms with van der Waals surface area (Å²) < 4.78 is 109. The lowest BCUT2D eigenvalue weighted by molar-refractivity contribution is -0.250. The maximum Gasteiger partial charge on any atom is 0.330 e. The van der Waals surface area contributed by atoms with E-state index >= 15 is 0 Å². The van der Waals surface area contributed by atoms with E-state index in [0.29, 0.717) is 4.47 Å². The van der Waals surface area contributed by atoms with Gasteiger partial charge in [0.25, 0.3) is 0 Å². The molecule has 0 saturated heterocycles. The van der Waals surface area contributed by atoms with Crippen LogP contribution in [0.3, 0.4) is 0 Å². The minimum Gasteiger partial charge on any atom is -0.342 e. The van der Waals surface area contributed by atoms with Crippen LogP contribution in [0.4, 0.5) is 35.1 Å². The van der Waals surface area contributed by atoms with Crippen LogP contribution < -0.4 is 0 Å². The predicted octanol–water partition coefficient (Wildman–Crippen LogP) is 5.28. The van der Waals surface area contributed by atoms with Crippen molar-refractivity contribution in [3.63, 3.8) is 0 Å². The minimum atomic E-state index is -4.55. The zero-order valence-corrected chi connectivity index (χ0v) is 13.3. The molecular weight excluding hydrogens is 420 g/mol. The molecule has 0 saturated carbocycles. The Kier molecular flexibility index (Phi) is 7.42. The Labute approximate surface area is 139 Å². The second-order valence-corrected chi connectivity index (χ2v) is 5.54. The van der Waals surface area contributed by atoms with E-state index in [0.717, 1.165) is 0 Å². The zero-order valence-electron chi connectivity index (χ0n) is 11.7. The number of hydrogen-bond acceptors (Lipinski definition) is 2. The van der Waals surface area contributed by atoms with Crippen LogP contribution in [0.15, 0.2) is 28.7 Å². The lowest BCUT2D eigenvalue weighted by Gasteiger charge is -2.24. The van der Waals surface area contributed by atoms with E-state index in [4.69, 9.17) is 0 Å². The highest BCUT2D eigenvalue weighted by Gasteiger charge is 2.44. The zero-order chi connectivity index (χ0) is 18.5. The van der Waals surface area contributed by atoms with E-state index < -0.39 is 44.2 Å². The monoisotopic (exact) mass is 430 g/mol. The van der Waals surface area contributed by atoms with Crippen molar-refractivity contribution in [2.75, 3.05) is 13.2 Å². The molecule has 24 heavy (non-hydrogen) atoms. The number of alkyl halides is 8. The van der Waals surface area contributed by atoms with Gasteiger partial charge in [0.2, 0.25) is 0 Å². The lowest BCUT2D eigenvalue weighted by Crippen LogP contribution is -2.36. The van der Waals surface area contributed by atoms with E-state index in [1.54, 1.807) is 0 Å². The molecule has 1 aromatic carbocycles. The molecule has 0 bridgehead atoms. The molecule has 2 nitrogen and oxygen atoms in total. The number of halogens is 9. The van der Waals surface area contributed by atoms with Gasteiger partial charge >= 0.3 is 24.7 Å². The number of hydrogen-bond donors (Lipinski definition) is 0. The largest absolute Gasteiger partial charge is 0.342 e. The first-order valence-electron chi connectivity index (χ1n) is 6.26. The molecule has 0 aliphatic heterocycles. The molecule has 1 aromatic rings. The molecule has 0 amide bonds. The van der Waals surface area contributed by atoms with Gasteiger partial charge in [-0.1, -0.05) is 28.1 Å². The van der Waals surface area contributed by atoms with Crippen molar-refractivity contribution in [2.24, 2.45) is 0 Å². The minimum absolute atomic E-state index is 0.0895. The first-order chi connectivity index (χ1) is 11.0. The molecule has 0 heterocycles. The summed E-state index contributed by atoms with van der Waals surface area (Å²) in [6, 6.07) is 5.14. The fraction of sp³-hybridized carbons (Fsp3) is 0.538. The molecule has 0 fully saturated rings. The molecule has 0 unspecified atom stereocenters. The summed E-state index contributed by atoms with van der Waals surface area (Å²) in [6.45, 7) is -3.68. The second-order valence-electron chi connectivity index (χ2n) is 4.63. The van der Waals surface area contributed by atoms with E-state index in [2.05, 4.69) is 25.4 Å². The fourth-order valence-corrected chi connectivity index (χ4v) is 1.62. The molecule has 0 atom stereocenters. The highest BCUT2D eigenvalue weighted by molar-refractivity contribution is 9.10. The van der Waals surface area contributed by atoms with E-state index in [1.807, 2.05) is 0 Å². The summed E-state index contributed by atoms with van der Waals surface area (Å²) in [5, 5.41) is 0. The Balaban J connectivity index is 2.86. The van der Waals surface area contributed by atoms with Gasteiger partial charge in [0.1, 0.15) is 13.2 Å². The standard InChI is InChI=1S/C13H11BrF8O2/c14-8-3-1-7(2-4-8)9(23-5-12(19,20)10(15)16)24-6-13(21,22)11(17)18/h1-4,9-11H,5-6H2. The van der Waals surface area contributed by atoms with Crippen molar-refractivity contribution in [3.05, 3.63) is 34.3 Å². The third-order valence-electron chi connectivity index (χ3n) is 2.63. The second kappa shape index (κ2) is 8.43. The first-order valence-corrected chi connectivity index (χ1v) is 7.05. The van der Waals surface area contributed by atoms with Crippen LogP contribution in [0.2, 0.25) is 0 Å². The topological polar surface area (TPSA) is 18.5 Å². The van der Waals surface area contributed by atoms with Crippen LogP contribution in [0.1, 0.15) is 11.9 Å². The molecule has 0 N–H and O–H groups in total. The van der Waals surface area contributed by atoms with Crippen LogP contribution in [-0.4, -0.2) is 37.9 Å². The SMILES string of the molecule is FC(F)C(F)(F)COC(OCC(F)(F)C(F)F)c1ccc(Br)cc1. The fourth-order valence-electron chi connectivity index (χ4n) is 1.36. The number of benzene rings is 1. The Morgan fingerprint density at radius 1 is 0.792 bits per heavy atom. The van der Waals surface area contributed by atoms with Crippen LogP contribution in [0, 0.1) is 0 Å². The number of ether oxygens (including phenoxy) is 2. The van der Waals surface area contributed by atoms with Gasteiger partial charge in [0.05, 0.1) is 0 Å². The van der Waals surface area contributed by atoms with Crippen LogP contribution in [0.25, 0.3) is 0 Å². The molecule has 0 aliphatic rings. The van der Waals surface area contributed by atoms with E-state index in [9.17, 15) is 35.1 Å². The normalized spacial score (nSPS) is 13.3. The average Bonchev–Trinajstić information content (AvgIpc) is 2.48. The highest BCUT2D eigenvalue weighted by atomic mass is 79.9. The predicted molar refractivity (Wildman–Crippen MR) is 70.7 cm³/mol. The molecule has 0 aliphatic carbocycles. The van der Waals surface area contributed by atoms with Crippen molar-refractivity contribution < 1.29 is 44.6 Å². The Morgan fingerprint density at radius 3 is 1.50 bits per heavy atom. The van der Waals surface area contributed by atoms with Gasteiger partial charge in [-0.25, -0.2) is 17.6 Å². The third kappa shape index (κ3) is 6.17. The van der Waals surface area contributed by atoms with Crippen molar-refractivity contribution in [3.8, 4) is 0 Å². The molecule has 138 valence electrons. The summed E-state index contributed by atoms with van der Waals surface area (Å²) >= 11 is 3.05. The van der Waals surface area contributed by atoms with Gasteiger partial charge < -0.3 is 9.47 Å². The maximum absolute atomic E-state index is 12.9. The van der Waals surface area contributed by atoms with Gasteiger partial charge in [-0.15, -0.1) is 0 Å². The molecule has 11 heteroatoms. The molecule has 1 rings (SSSR count). The molecule has 0 aromatic heterocycles.